The Morgan fingerprint density at radius 3 is 2.59 bits per heavy atom. The fourth-order valence-electron chi connectivity index (χ4n) is 4.56. The molecule has 13 heteroatoms. The van der Waals surface area contributed by atoms with E-state index in [0.29, 0.717) is 10.9 Å². The lowest BCUT2D eigenvalue weighted by Crippen LogP contribution is -2.35. The first-order valence-electron chi connectivity index (χ1n) is 11.5. The van der Waals surface area contributed by atoms with Gasteiger partial charge in [0.15, 0.2) is 0 Å². The van der Waals surface area contributed by atoms with Gasteiger partial charge in [0.1, 0.15) is 29.3 Å². The van der Waals surface area contributed by atoms with Crippen molar-refractivity contribution in [2.75, 3.05) is 18.4 Å². The highest BCUT2D eigenvalue weighted by molar-refractivity contribution is 5.97. The maximum absolute atomic E-state index is 15.3. The second-order valence-electron chi connectivity index (χ2n) is 9.85. The summed E-state index contributed by atoms with van der Waals surface area (Å²) in [7, 11) is 0. The lowest BCUT2D eigenvalue weighted by Gasteiger charge is -2.28. The van der Waals surface area contributed by atoms with Crippen LogP contribution in [0.1, 0.15) is 38.5 Å². The van der Waals surface area contributed by atoms with Gasteiger partial charge in [0.05, 0.1) is 17.6 Å². The number of ether oxygens (including phenoxy) is 2. The zero-order valence-corrected chi connectivity index (χ0v) is 20.0. The number of benzene rings is 1. The van der Waals surface area contributed by atoms with Crippen molar-refractivity contribution in [3.05, 3.63) is 42.1 Å². The number of carbonyl (C=O) groups excluding carboxylic acids is 2. The number of rotatable bonds is 2. The molecule has 1 fully saturated rings. The van der Waals surface area contributed by atoms with Gasteiger partial charge in [-0.3, -0.25) is 10.00 Å². The van der Waals surface area contributed by atoms with Gasteiger partial charge in [0.2, 0.25) is 6.10 Å². The predicted molar refractivity (Wildman–Crippen MR) is 124 cm³/mol. The maximum Gasteiger partial charge on any atom is 0.430 e. The largest absolute Gasteiger partial charge is 0.444 e. The van der Waals surface area contributed by atoms with Crippen LogP contribution in [0, 0.1) is 0 Å². The van der Waals surface area contributed by atoms with Crippen molar-refractivity contribution in [3.8, 4) is 11.3 Å². The molecule has 3 aromatic rings. The van der Waals surface area contributed by atoms with Crippen LogP contribution in [-0.2, 0) is 9.47 Å². The van der Waals surface area contributed by atoms with Crippen LogP contribution < -0.4 is 5.32 Å². The Bertz CT molecular complexity index is 1380. The van der Waals surface area contributed by atoms with Crippen LogP contribution in [0.4, 0.5) is 33.0 Å². The highest BCUT2D eigenvalue weighted by Crippen LogP contribution is 2.46. The molecule has 37 heavy (non-hydrogen) atoms. The number of halogens is 4. The summed E-state index contributed by atoms with van der Waals surface area (Å²) in [5.41, 5.74) is -0.542. The van der Waals surface area contributed by atoms with Crippen LogP contribution in [0.3, 0.4) is 0 Å². The summed E-state index contributed by atoms with van der Waals surface area (Å²) in [5, 5.41) is 7.19. The van der Waals surface area contributed by atoms with Crippen molar-refractivity contribution >= 4 is 28.9 Å². The minimum Gasteiger partial charge on any atom is -0.444 e. The van der Waals surface area contributed by atoms with Gasteiger partial charge in [-0.25, -0.2) is 19.0 Å². The second kappa shape index (κ2) is 8.60. The SMILES string of the molecule is CC(C)(C)OC(=O)N1C[C@H](F)[C@@H](n2nc(-c3ccnc4c3[C@H](C(F)(F)F)OC(=O)N4)c3ccccc32)C1. The number of alkyl halides is 4. The van der Waals surface area contributed by atoms with E-state index in [1.54, 1.807) is 45.0 Å². The number of para-hydroxylation sites is 1. The third kappa shape index (κ3) is 4.53. The van der Waals surface area contributed by atoms with Crippen LogP contribution in [0.5, 0.6) is 0 Å². The molecular formula is C24H23F4N5O4. The van der Waals surface area contributed by atoms with Crippen molar-refractivity contribution in [2.24, 2.45) is 0 Å². The van der Waals surface area contributed by atoms with Gasteiger partial charge in [0, 0.05) is 23.7 Å². The third-order valence-corrected chi connectivity index (χ3v) is 6.05. The predicted octanol–water partition coefficient (Wildman–Crippen LogP) is 5.39. The fraction of sp³-hybridized carbons (Fsp3) is 0.417. The molecule has 2 aromatic heterocycles. The van der Waals surface area contributed by atoms with E-state index in [4.69, 9.17) is 4.74 Å². The normalized spacial score (nSPS) is 22.0. The number of aromatic nitrogens is 3. The number of anilines is 1. The molecule has 196 valence electrons. The monoisotopic (exact) mass is 521 g/mol. The first kappa shape index (κ1) is 24.8. The summed E-state index contributed by atoms with van der Waals surface area (Å²) in [4.78, 5) is 29.4. The van der Waals surface area contributed by atoms with E-state index in [2.05, 4.69) is 20.1 Å². The first-order chi connectivity index (χ1) is 17.3. The molecule has 2 aliphatic rings. The summed E-state index contributed by atoms with van der Waals surface area (Å²) in [6, 6.07) is 7.13. The summed E-state index contributed by atoms with van der Waals surface area (Å²) in [5.74, 6) is -0.296. The first-order valence-corrected chi connectivity index (χ1v) is 11.5. The number of hydrogen-bond donors (Lipinski definition) is 1. The summed E-state index contributed by atoms with van der Waals surface area (Å²) >= 11 is 0. The van der Waals surface area contributed by atoms with E-state index in [0.717, 1.165) is 0 Å². The van der Waals surface area contributed by atoms with Crippen molar-refractivity contribution in [1.29, 1.82) is 0 Å². The van der Waals surface area contributed by atoms with Crippen LogP contribution in [-0.4, -0.2) is 62.9 Å². The van der Waals surface area contributed by atoms with Gasteiger partial charge in [-0.05, 0) is 32.9 Å². The fourth-order valence-corrected chi connectivity index (χ4v) is 4.56. The number of nitrogens with one attached hydrogen (secondary N) is 1. The van der Waals surface area contributed by atoms with Crippen molar-refractivity contribution in [3.63, 3.8) is 0 Å². The van der Waals surface area contributed by atoms with E-state index < -0.39 is 47.8 Å². The average molecular weight is 521 g/mol. The molecule has 0 aliphatic carbocycles. The minimum atomic E-state index is -4.91. The molecule has 1 N–H and O–H groups in total. The van der Waals surface area contributed by atoms with Crippen molar-refractivity contribution < 1.29 is 36.6 Å². The van der Waals surface area contributed by atoms with Crippen molar-refractivity contribution in [1.82, 2.24) is 19.7 Å². The lowest BCUT2D eigenvalue weighted by atomic mass is 9.97. The Balaban J connectivity index is 1.60. The number of likely N-dealkylation sites (tertiary alicyclic amines) is 1. The van der Waals surface area contributed by atoms with E-state index in [9.17, 15) is 22.8 Å². The van der Waals surface area contributed by atoms with E-state index in [1.165, 1.54) is 21.8 Å². The Labute approximate surface area is 208 Å². The van der Waals surface area contributed by atoms with Gasteiger partial charge in [-0.2, -0.15) is 18.3 Å². The Hall–Kier alpha value is -3.90. The number of cyclic esters (lactones) is 1. The maximum atomic E-state index is 15.3. The zero-order valence-electron chi connectivity index (χ0n) is 20.0. The molecule has 3 atom stereocenters. The number of carbonyl (C=O) groups is 2. The van der Waals surface area contributed by atoms with Crippen LogP contribution >= 0.6 is 0 Å². The second-order valence-corrected chi connectivity index (χ2v) is 9.85. The molecule has 2 amide bonds. The number of pyridine rings is 1. The zero-order chi connectivity index (χ0) is 26.7. The van der Waals surface area contributed by atoms with Gasteiger partial charge in [0.25, 0.3) is 0 Å². The minimum absolute atomic E-state index is 0.0275. The molecule has 0 spiro atoms. The molecular weight excluding hydrogens is 498 g/mol. The average Bonchev–Trinajstić information content (AvgIpc) is 3.37. The van der Waals surface area contributed by atoms with Crippen LogP contribution in [0.2, 0.25) is 0 Å². The van der Waals surface area contributed by atoms with Crippen LogP contribution in [0.15, 0.2) is 36.5 Å². The summed E-state index contributed by atoms with van der Waals surface area (Å²) < 4.78 is 68.2. The smallest absolute Gasteiger partial charge is 0.430 e. The third-order valence-electron chi connectivity index (χ3n) is 6.05. The van der Waals surface area contributed by atoms with Gasteiger partial charge < -0.3 is 14.4 Å². The Morgan fingerprint density at radius 1 is 1.16 bits per heavy atom. The summed E-state index contributed by atoms with van der Waals surface area (Å²) in [6.45, 7) is 4.85. The lowest BCUT2D eigenvalue weighted by molar-refractivity contribution is -0.206. The molecule has 2 aliphatic heterocycles. The highest BCUT2D eigenvalue weighted by Gasteiger charge is 2.49. The quantitative estimate of drug-likeness (QED) is 0.454. The molecule has 5 rings (SSSR count). The molecule has 9 nitrogen and oxygen atoms in total. The number of amides is 2. The number of fused-ring (bicyclic) bond motifs is 2. The van der Waals surface area contributed by atoms with Crippen LogP contribution in [0.25, 0.3) is 22.2 Å². The molecule has 1 saturated heterocycles. The standard InChI is InChI=1S/C24H23F4N5O4/c1-23(2,3)37-22(35)32-10-14(25)16(11-32)33-15-7-5-4-6-12(15)18(31-33)13-8-9-29-20-17(13)19(24(26,27)28)36-21(34)30-20/h4-9,14,16,19H,10-11H2,1-3H3,(H,29,30,34)/t14-,16-,19+/m0/s1. The summed E-state index contributed by atoms with van der Waals surface area (Å²) in [6.07, 6.45) is -9.67. The number of nitrogens with zero attached hydrogens (tertiary/aromatic N) is 4. The Morgan fingerprint density at radius 2 is 1.89 bits per heavy atom. The van der Waals surface area contributed by atoms with E-state index in [1.807, 2.05) is 0 Å². The molecule has 0 saturated carbocycles. The molecule has 1 aromatic carbocycles. The van der Waals surface area contributed by atoms with Crippen molar-refractivity contribution in [2.45, 2.75) is 50.9 Å². The molecule has 4 heterocycles. The van der Waals surface area contributed by atoms with E-state index >= 15 is 4.39 Å². The van der Waals surface area contributed by atoms with E-state index in [-0.39, 0.29) is 30.2 Å². The topological polar surface area (TPSA) is 98.6 Å². The molecule has 0 bridgehead atoms. The molecule has 0 radical (unpaired) electrons. The van der Waals surface area contributed by atoms with Gasteiger partial charge in [-0.1, -0.05) is 18.2 Å². The highest BCUT2D eigenvalue weighted by atomic mass is 19.4. The van der Waals surface area contributed by atoms with Gasteiger partial charge in [-0.15, -0.1) is 0 Å². The Kier molecular flexibility index (Phi) is 5.76. The molecule has 0 unspecified atom stereocenters. The number of hydrogen-bond acceptors (Lipinski definition) is 6. The van der Waals surface area contributed by atoms with Gasteiger partial charge >= 0.3 is 18.4 Å².